The maximum Gasteiger partial charge on any atom is 0.120 e. The molecule has 0 aliphatic carbocycles. The summed E-state index contributed by atoms with van der Waals surface area (Å²) in [6.07, 6.45) is 4.67. The van der Waals surface area contributed by atoms with Gasteiger partial charge in [-0.2, -0.15) is 0 Å². The Hall–Kier alpha value is -1.48. The molecule has 2 atom stereocenters. The molecule has 1 aliphatic heterocycles. The maximum absolute atomic E-state index is 5.65. The van der Waals surface area contributed by atoms with Crippen LogP contribution in [0.2, 0.25) is 0 Å². The van der Waals surface area contributed by atoms with E-state index in [0.717, 1.165) is 31.4 Å². The summed E-state index contributed by atoms with van der Waals surface area (Å²) in [4.78, 5) is 3.42. The fourth-order valence-electron chi connectivity index (χ4n) is 3.45. The third-order valence-electron chi connectivity index (χ3n) is 4.53. The highest BCUT2D eigenvalue weighted by Gasteiger charge is 2.26. The van der Waals surface area contributed by atoms with Crippen LogP contribution in [0.25, 0.3) is 10.9 Å². The lowest BCUT2D eigenvalue weighted by molar-refractivity contribution is 0.319. The van der Waals surface area contributed by atoms with E-state index in [2.05, 4.69) is 35.6 Å². The summed E-state index contributed by atoms with van der Waals surface area (Å²) in [7, 11) is 0. The van der Waals surface area contributed by atoms with Crippen molar-refractivity contribution in [3.05, 3.63) is 30.0 Å². The van der Waals surface area contributed by atoms with Crippen LogP contribution < -0.4 is 10.1 Å². The molecule has 1 fully saturated rings. The highest BCUT2D eigenvalue weighted by Crippen LogP contribution is 2.37. The summed E-state index contributed by atoms with van der Waals surface area (Å²) >= 11 is 0. The van der Waals surface area contributed by atoms with Crippen LogP contribution in [-0.4, -0.2) is 24.7 Å². The predicted octanol–water partition coefficient (Wildman–Crippen LogP) is 3.67. The Morgan fingerprint density at radius 2 is 2.20 bits per heavy atom. The van der Waals surface area contributed by atoms with E-state index in [4.69, 9.17) is 4.74 Å². The Kier molecular flexibility index (Phi) is 3.97. The lowest BCUT2D eigenvalue weighted by Crippen LogP contribution is -2.34. The van der Waals surface area contributed by atoms with Gasteiger partial charge >= 0.3 is 0 Å². The van der Waals surface area contributed by atoms with Gasteiger partial charge in [-0.1, -0.05) is 13.3 Å². The highest BCUT2D eigenvalue weighted by molar-refractivity contribution is 5.85. The largest absolute Gasteiger partial charge is 0.494 e. The molecule has 1 aromatic heterocycles. The smallest absolute Gasteiger partial charge is 0.120 e. The van der Waals surface area contributed by atoms with Crippen LogP contribution in [0.1, 0.15) is 38.2 Å². The number of benzene rings is 1. The monoisotopic (exact) mass is 272 g/mol. The average Bonchev–Trinajstić information content (AvgIpc) is 2.90. The fraction of sp³-hybridized carbons (Fsp3) is 0.529. The van der Waals surface area contributed by atoms with Crippen molar-refractivity contribution in [1.82, 2.24) is 10.3 Å². The van der Waals surface area contributed by atoms with E-state index >= 15 is 0 Å². The van der Waals surface area contributed by atoms with Crippen LogP contribution in [0.5, 0.6) is 5.75 Å². The van der Waals surface area contributed by atoms with E-state index in [-0.39, 0.29) is 0 Å². The zero-order valence-electron chi connectivity index (χ0n) is 12.4. The molecule has 0 saturated carbocycles. The molecule has 20 heavy (non-hydrogen) atoms. The summed E-state index contributed by atoms with van der Waals surface area (Å²) in [5.41, 5.74) is 2.69. The van der Waals surface area contributed by atoms with Crippen LogP contribution in [0.15, 0.2) is 24.4 Å². The van der Waals surface area contributed by atoms with Gasteiger partial charge in [0.05, 0.1) is 6.61 Å². The number of hydrogen-bond donors (Lipinski definition) is 2. The third kappa shape index (κ3) is 2.42. The van der Waals surface area contributed by atoms with Crippen molar-refractivity contribution in [3.8, 4) is 5.75 Å². The van der Waals surface area contributed by atoms with Crippen molar-refractivity contribution in [3.63, 3.8) is 0 Å². The van der Waals surface area contributed by atoms with E-state index < -0.39 is 0 Å². The summed E-state index contributed by atoms with van der Waals surface area (Å²) in [5.74, 6) is 2.37. The second-order valence-corrected chi connectivity index (χ2v) is 5.65. The van der Waals surface area contributed by atoms with Crippen molar-refractivity contribution < 1.29 is 4.74 Å². The van der Waals surface area contributed by atoms with Crippen LogP contribution in [-0.2, 0) is 0 Å². The maximum atomic E-state index is 5.65. The normalized spacial score (nSPS) is 23.1. The molecule has 2 heterocycles. The number of ether oxygens (including phenoxy) is 1. The van der Waals surface area contributed by atoms with Gasteiger partial charge in [0.15, 0.2) is 0 Å². The van der Waals surface area contributed by atoms with E-state index in [9.17, 15) is 0 Å². The molecule has 1 aliphatic rings. The molecular formula is C17H24N2O. The molecule has 3 rings (SSSR count). The predicted molar refractivity (Wildman–Crippen MR) is 83.5 cm³/mol. The van der Waals surface area contributed by atoms with Gasteiger partial charge in [-0.3, -0.25) is 0 Å². The number of aromatic nitrogens is 1. The Morgan fingerprint density at radius 3 is 3.00 bits per heavy atom. The fourth-order valence-corrected chi connectivity index (χ4v) is 3.45. The molecule has 2 unspecified atom stereocenters. The lowest BCUT2D eigenvalue weighted by Gasteiger charge is -2.31. The summed E-state index contributed by atoms with van der Waals surface area (Å²) in [5, 5.41) is 4.86. The minimum Gasteiger partial charge on any atom is -0.494 e. The molecule has 3 heteroatoms. The molecule has 0 spiro atoms. The van der Waals surface area contributed by atoms with Gasteiger partial charge in [-0.05, 0) is 62.0 Å². The zero-order chi connectivity index (χ0) is 13.9. The van der Waals surface area contributed by atoms with Gasteiger partial charge in [0.25, 0.3) is 0 Å². The van der Waals surface area contributed by atoms with Crippen molar-refractivity contribution >= 4 is 10.9 Å². The average molecular weight is 272 g/mol. The van der Waals surface area contributed by atoms with Gasteiger partial charge in [0, 0.05) is 17.1 Å². The summed E-state index contributed by atoms with van der Waals surface area (Å²) in [6.45, 7) is 7.31. The number of H-pyrrole nitrogens is 1. The molecular weight excluding hydrogens is 248 g/mol. The van der Waals surface area contributed by atoms with Gasteiger partial charge in [-0.15, -0.1) is 0 Å². The summed E-state index contributed by atoms with van der Waals surface area (Å²) in [6, 6.07) is 6.37. The topological polar surface area (TPSA) is 37.0 Å². The highest BCUT2D eigenvalue weighted by atomic mass is 16.5. The summed E-state index contributed by atoms with van der Waals surface area (Å²) < 4.78 is 5.65. The Bertz CT molecular complexity index is 575. The quantitative estimate of drug-likeness (QED) is 0.891. The molecule has 108 valence electrons. The molecule has 1 saturated heterocycles. The first-order valence-corrected chi connectivity index (χ1v) is 7.78. The minimum atomic E-state index is 0.659. The van der Waals surface area contributed by atoms with E-state index in [0.29, 0.717) is 5.92 Å². The number of rotatable bonds is 4. The van der Waals surface area contributed by atoms with Gasteiger partial charge < -0.3 is 15.0 Å². The van der Waals surface area contributed by atoms with Crippen molar-refractivity contribution in [1.29, 1.82) is 0 Å². The molecule has 2 N–H and O–H groups in total. The molecule has 0 amide bonds. The first-order chi connectivity index (χ1) is 9.83. The Labute approximate surface area is 120 Å². The van der Waals surface area contributed by atoms with Crippen molar-refractivity contribution in [2.45, 2.75) is 32.6 Å². The van der Waals surface area contributed by atoms with Crippen LogP contribution in [0.3, 0.4) is 0 Å². The van der Waals surface area contributed by atoms with Crippen LogP contribution in [0, 0.1) is 5.92 Å². The molecule has 3 nitrogen and oxygen atoms in total. The Balaban J connectivity index is 1.99. The third-order valence-corrected chi connectivity index (χ3v) is 4.53. The van der Waals surface area contributed by atoms with E-state index in [1.165, 1.54) is 29.3 Å². The number of nitrogens with one attached hydrogen (secondary N) is 2. The number of hydrogen-bond acceptors (Lipinski definition) is 2. The first-order valence-electron chi connectivity index (χ1n) is 7.78. The molecule has 1 aromatic carbocycles. The number of fused-ring (bicyclic) bond motifs is 1. The van der Waals surface area contributed by atoms with Crippen LogP contribution in [0.4, 0.5) is 0 Å². The standard InChI is InChI=1S/C17H24N2O/c1-3-12-10-18-8-7-14(12)16-11-19-17-6-5-13(20-4-2)9-15(16)17/h5-6,9,11-12,14,18-19H,3-4,7-8,10H2,1-2H3. The van der Waals surface area contributed by atoms with E-state index in [1.54, 1.807) is 0 Å². The Morgan fingerprint density at radius 1 is 1.30 bits per heavy atom. The molecule has 0 radical (unpaired) electrons. The second-order valence-electron chi connectivity index (χ2n) is 5.65. The number of piperidine rings is 1. The van der Waals surface area contributed by atoms with Gasteiger partial charge in [-0.25, -0.2) is 0 Å². The van der Waals surface area contributed by atoms with Gasteiger partial charge in [0.2, 0.25) is 0 Å². The second kappa shape index (κ2) is 5.88. The van der Waals surface area contributed by atoms with Crippen LogP contribution >= 0.6 is 0 Å². The van der Waals surface area contributed by atoms with Gasteiger partial charge in [0.1, 0.15) is 5.75 Å². The van der Waals surface area contributed by atoms with Crippen molar-refractivity contribution in [2.75, 3.05) is 19.7 Å². The van der Waals surface area contributed by atoms with Crippen molar-refractivity contribution in [2.24, 2.45) is 5.92 Å². The molecule has 2 aromatic rings. The molecule has 0 bridgehead atoms. The first kappa shape index (κ1) is 13.5. The van der Waals surface area contributed by atoms with E-state index in [1.807, 2.05) is 13.0 Å². The minimum absolute atomic E-state index is 0.659. The zero-order valence-corrected chi connectivity index (χ0v) is 12.4. The SMILES string of the molecule is CCOc1ccc2[nH]cc(C3CCNCC3CC)c2c1. The lowest BCUT2D eigenvalue weighted by atomic mass is 9.80. The number of aromatic amines is 1.